The van der Waals surface area contributed by atoms with Gasteiger partial charge in [0, 0.05) is 71.5 Å². The van der Waals surface area contributed by atoms with Gasteiger partial charge in [0.2, 0.25) is 0 Å². The Balaban J connectivity index is 0.00000876. The van der Waals surface area contributed by atoms with Crippen molar-refractivity contribution in [3.05, 3.63) is 276 Å². The van der Waals surface area contributed by atoms with Crippen molar-refractivity contribution in [1.29, 1.82) is 0 Å². The van der Waals surface area contributed by atoms with Gasteiger partial charge in [0.05, 0.1) is 33.4 Å². The average molecular weight is 1420 g/mol. The van der Waals surface area contributed by atoms with Gasteiger partial charge in [-0.2, -0.15) is 18.2 Å². The van der Waals surface area contributed by atoms with Gasteiger partial charge >= 0.3 is 0 Å². The minimum absolute atomic E-state index is 0. The van der Waals surface area contributed by atoms with Gasteiger partial charge in [0.1, 0.15) is 5.82 Å². The summed E-state index contributed by atoms with van der Waals surface area (Å²) in [6, 6.07) is 74.6. The summed E-state index contributed by atoms with van der Waals surface area (Å²) in [6.45, 7) is 4.49. The van der Waals surface area contributed by atoms with Crippen molar-refractivity contribution < 1.29 is 46.8 Å². The first kappa shape index (κ1) is 47.9. The summed E-state index contributed by atoms with van der Waals surface area (Å²) in [7, 11) is 0. The van der Waals surface area contributed by atoms with E-state index in [2.05, 4.69) is 137 Å². The molecular weight excluding hydrogens is 1340 g/mol. The third kappa shape index (κ3) is 9.52. The first-order valence-corrected chi connectivity index (χ1v) is 32.1. The number of hydrogen-bond donors (Lipinski definition) is 0. The minimum Gasteiger partial charge on any atom is -0.510 e. The van der Waals surface area contributed by atoms with Crippen molar-refractivity contribution in [3.8, 4) is 90.0 Å². The van der Waals surface area contributed by atoms with Gasteiger partial charge in [-0.1, -0.05) is 181 Å². The van der Waals surface area contributed by atoms with Gasteiger partial charge in [-0.25, -0.2) is 4.98 Å². The molecule has 7 heteroatoms. The molecule has 468 valence electrons. The second-order valence-electron chi connectivity index (χ2n) is 27.7. The molecular formula is C88H73N5OPt-2. The molecule has 0 unspecified atom stereocenters. The number of aryl methyl sites for hydroxylation is 4. The normalized spacial score (nSPS) is 16.2. The van der Waals surface area contributed by atoms with Crippen LogP contribution in [0.25, 0.3) is 133 Å². The van der Waals surface area contributed by atoms with Crippen LogP contribution in [-0.2, 0) is 37.3 Å². The van der Waals surface area contributed by atoms with E-state index in [1.54, 1.807) is 0 Å². The van der Waals surface area contributed by atoms with Gasteiger partial charge in [-0.3, -0.25) is 4.57 Å². The molecule has 1 aliphatic heterocycles. The number of rotatable bonds is 7. The fourth-order valence-corrected chi connectivity index (χ4v) is 15.1. The summed E-state index contributed by atoms with van der Waals surface area (Å²) in [6.07, 6.45) is 7.53. The Morgan fingerprint density at radius 1 is 0.484 bits per heavy atom. The Morgan fingerprint density at radius 3 is 1.62 bits per heavy atom. The first-order valence-electron chi connectivity index (χ1n) is 38.1. The maximum atomic E-state index is 9.20. The molecule has 0 amide bonds. The van der Waals surface area contributed by atoms with Crippen LogP contribution in [0.2, 0.25) is 0 Å². The van der Waals surface area contributed by atoms with E-state index in [4.69, 9.17) is 17.9 Å². The quantitative estimate of drug-likeness (QED) is 0.118. The smallest absolute Gasteiger partial charge is 0.268 e. The third-order valence-corrected chi connectivity index (χ3v) is 20.0. The molecule has 0 radical (unpaired) electrons. The van der Waals surface area contributed by atoms with Gasteiger partial charge in [-0.05, 0) is 217 Å². The van der Waals surface area contributed by atoms with E-state index in [0.717, 1.165) is 101 Å². The number of nitrogens with zero attached hydrogens (tertiary/aromatic N) is 5. The van der Waals surface area contributed by atoms with Gasteiger partial charge < -0.3 is 18.4 Å². The zero-order valence-corrected chi connectivity index (χ0v) is 55.9. The predicted molar refractivity (Wildman–Crippen MR) is 388 cm³/mol. The number of ether oxygens (including phenoxy) is 1. The van der Waals surface area contributed by atoms with Crippen molar-refractivity contribution >= 4 is 54.6 Å². The Kier molecular flexibility index (Phi) is 11.2. The number of imidazole rings is 1. The fraction of sp³-hybridized carbons (Fsp3) is 0.182. The summed E-state index contributed by atoms with van der Waals surface area (Å²) in [5, 5.41) is 3.82. The summed E-state index contributed by atoms with van der Waals surface area (Å²) in [4.78, 5) is 4.92. The number of fused-ring (bicyclic) bond motifs is 14. The van der Waals surface area contributed by atoms with E-state index in [1.165, 1.54) is 36.4 Å². The van der Waals surface area contributed by atoms with Crippen LogP contribution < -0.4 is 9.30 Å². The maximum Gasteiger partial charge on any atom is 0.268 e. The molecule has 0 saturated heterocycles. The van der Waals surface area contributed by atoms with Crippen molar-refractivity contribution in [1.82, 2.24) is 18.7 Å². The fourth-order valence-electron chi connectivity index (χ4n) is 15.1. The molecule has 17 rings (SSSR count). The summed E-state index contributed by atoms with van der Waals surface area (Å²) >= 11 is 0. The Hall–Kier alpha value is -9.87. The SMILES string of the molecule is [2H]C([2H])([2H])c1cccc(C([2H])([2H])[2H])c1-c1cc2c(c(-n3c4ccccc4c4ccccc43)c1)-[n+]1[c-]n(-c3[c-]c(Oc4[c-]c5c(cc4)c4ccccc4n5-c4cc(C(C)(C)C)ccn4)ccc3)c3cc(-c4c(C([2H])([2H])[2H])cccc4C([2H])([2H])[2H])cc(c31)-c1ccccc1-c1cc3c(cc1-2)C(C)(C)CCC3(C)C.[Pt]. The number of hydrogen-bond acceptors (Lipinski definition) is 2. The van der Waals surface area contributed by atoms with Crippen molar-refractivity contribution in [2.24, 2.45) is 0 Å². The van der Waals surface area contributed by atoms with Crippen LogP contribution in [0.3, 0.4) is 0 Å². The van der Waals surface area contributed by atoms with Crippen LogP contribution in [0.15, 0.2) is 219 Å². The topological polar surface area (TPSA) is 40.8 Å². The van der Waals surface area contributed by atoms with Crippen LogP contribution in [-0.4, -0.2) is 18.7 Å². The second kappa shape index (κ2) is 22.1. The molecule has 0 fully saturated rings. The molecule has 0 N–H and O–H groups in total. The van der Waals surface area contributed by atoms with E-state index in [-0.39, 0.29) is 70.7 Å². The van der Waals surface area contributed by atoms with E-state index in [9.17, 15) is 8.22 Å². The predicted octanol–water partition coefficient (Wildman–Crippen LogP) is 22.2. The van der Waals surface area contributed by atoms with Crippen LogP contribution >= 0.6 is 0 Å². The monoisotopic (exact) mass is 1420 g/mol. The van der Waals surface area contributed by atoms with E-state index < -0.39 is 27.4 Å². The molecule has 95 heavy (non-hydrogen) atoms. The second-order valence-corrected chi connectivity index (χ2v) is 27.7. The molecule has 0 saturated carbocycles. The molecule has 1 aliphatic carbocycles. The Bertz CT molecular complexity index is 6080. The molecule has 0 spiro atoms. The van der Waals surface area contributed by atoms with E-state index in [1.807, 2.05) is 131 Å². The van der Waals surface area contributed by atoms with Crippen LogP contribution in [0.4, 0.5) is 0 Å². The van der Waals surface area contributed by atoms with Gasteiger partial charge in [-0.15, -0.1) is 29.7 Å². The van der Waals surface area contributed by atoms with E-state index >= 15 is 0 Å². The van der Waals surface area contributed by atoms with Crippen molar-refractivity contribution in [2.45, 2.75) is 105 Å². The largest absolute Gasteiger partial charge is 0.510 e. The standard InChI is InChI=1S/C88H73N5O.Pt/c1-53-23-20-24-54(2)82(53)57-43-71-64-30-13-12-29-63(64)69-50-73-74(88(10,11)41-40-87(73,8)9)51-70(69)72-44-58(83-55(3)25-21-26-56(83)4)46-80(92-75-34-17-14-31-65(75)66-32-15-18-35-76(66)92)85(72)91-52-90(79(45-57)84(71)91)60-27-22-28-61(48-60)94-62-37-38-68-67-33-16-19-36-77(67)93(78(68)49-62)81-47-59(39-42-89-81)86(5,6)7;/h12-39,42-47,50-51H,40-41H2,1-11H3;/q-2;/i1D3,2D3,3D3,4D3;. The third-order valence-electron chi connectivity index (χ3n) is 20.0. The van der Waals surface area contributed by atoms with Crippen LogP contribution in [0.5, 0.6) is 11.5 Å². The summed E-state index contributed by atoms with van der Waals surface area (Å²) < 4.78 is 125. The van der Waals surface area contributed by atoms with Crippen LogP contribution in [0.1, 0.15) is 117 Å². The Labute approximate surface area is 587 Å². The minimum atomic E-state index is -2.79. The molecule has 0 bridgehead atoms. The summed E-state index contributed by atoms with van der Waals surface area (Å²) in [5.74, 6) is 1.43. The zero-order chi connectivity index (χ0) is 74.3. The summed E-state index contributed by atoms with van der Waals surface area (Å²) in [5.41, 5.74) is 12.9. The molecule has 15 aromatic rings. The molecule has 5 heterocycles. The van der Waals surface area contributed by atoms with Crippen molar-refractivity contribution in [3.63, 3.8) is 0 Å². The van der Waals surface area contributed by atoms with Crippen molar-refractivity contribution in [2.75, 3.05) is 0 Å². The average Bonchev–Trinajstić information content (AvgIpc) is 1.58. The molecule has 2 aliphatic rings. The zero-order valence-electron chi connectivity index (χ0n) is 65.7. The molecule has 6 nitrogen and oxygen atoms in total. The number of pyridine rings is 1. The first-order chi connectivity index (χ1) is 50.2. The maximum absolute atomic E-state index is 9.20. The van der Waals surface area contributed by atoms with Gasteiger partial charge in [0.15, 0.2) is 0 Å². The van der Waals surface area contributed by atoms with E-state index in [0.29, 0.717) is 61.8 Å². The Morgan fingerprint density at radius 2 is 1.01 bits per heavy atom. The number of aromatic nitrogens is 5. The molecule has 4 aromatic heterocycles. The van der Waals surface area contributed by atoms with Crippen LogP contribution in [0, 0.1) is 45.9 Å². The number of para-hydroxylation sites is 3. The number of benzene rings is 11. The molecule has 11 aromatic carbocycles. The molecule has 0 atom stereocenters. The van der Waals surface area contributed by atoms with Gasteiger partial charge in [0.25, 0.3) is 6.33 Å².